The highest BCUT2D eigenvalue weighted by Crippen LogP contribution is 2.18. The molecule has 1 aromatic rings. The maximum atomic E-state index is 12.3. The van der Waals surface area contributed by atoms with E-state index in [1.54, 1.807) is 0 Å². The summed E-state index contributed by atoms with van der Waals surface area (Å²) in [5, 5.41) is 6.30. The molecule has 0 aromatic heterocycles. The highest BCUT2D eigenvalue weighted by atomic mass is 32.2. The minimum Gasteiger partial charge on any atom is -0.469 e. The molecule has 2 unspecified atom stereocenters. The lowest BCUT2D eigenvalue weighted by Crippen LogP contribution is -2.42. The second kappa shape index (κ2) is 8.80. The van der Waals surface area contributed by atoms with E-state index < -0.39 is 0 Å². The third-order valence-corrected chi connectivity index (χ3v) is 4.70. The number of carbonyl (C=O) groups excluding carboxylic acids is 2. The predicted molar refractivity (Wildman–Crippen MR) is 87.7 cm³/mol. The Morgan fingerprint density at radius 3 is 2.82 bits per heavy atom. The monoisotopic (exact) mass is 322 g/mol. The molecule has 0 aliphatic carbocycles. The van der Waals surface area contributed by atoms with Crippen LogP contribution < -0.4 is 10.6 Å². The van der Waals surface area contributed by atoms with Crippen molar-refractivity contribution < 1.29 is 14.3 Å². The van der Waals surface area contributed by atoms with Crippen molar-refractivity contribution in [3.63, 3.8) is 0 Å². The van der Waals surface area contributed by atoms with Crippen molar-refractivity contribution in [1.29, 1.82) is 0 Å². The molecule has 2 rings (SSSR count). The molecule has 1 saturated heterocycles. The number of nitrogens with one attached hydrogen (secondary N) is 2. The summed E-state index contributed by atoms with van der Waals surface area (Å²) in [6.45, 7) is 0.937. The van der Waals surface area contributed by atoms with Crippen molar-refractivity contribution in [2.75, 3.05) is 25.2 Å². The lowest BCUT2D eigenvalue weighted by atomic mass is 10.0. The summed E-state index contributed by atoms with van der Waals surface area (Å²) in [5.41, 5.74) is 0.909. The Morgan fingerprint density at radius 1 is 1.41 bits per heavy atom. The van der Waals surface area contributed by atoms with E-state index in [2.05, 4.69) is 10.6 Å². The highest BCUT2D eigenvalue weighted by molar-refractivity contribution is 7.99. The van der Waals surface area contributed by atoms with Gasteiger partial charge in [-0.2, -0.15) is 11.8 Å². The molecule has 5 nitrogen and oxygen atoms in total. The van der Waals surface area contributed by atoms with Crippen LogP contribution in [0.5, 0.6) is 0 Å². The number of rotatable bonds is 6. The first-order valence-electron chi connectivity index (χ1n) is 7.41. The zero-order valence-corrected chi connectivity index (χ0v) is 13.5. The first-order chi connectivity index (χ1) is 10.7. The molecule has 0 saturated carbocycles. The number of ether oxygens (including phenoxy) is 1. The molecule has 1 amide bonds. The second-order valence-corrected chi connectivity index (χ2v) is 6.39. The van der Waals surface area contributed by atoms with E-state index in [0.717, 1.165) is 23.6 Å². The molecular formula is C16H22N2O3S. The molecule has 0 spiro atoms. The summed E-state index contributed by atoms with van der Waals surface area (Å²) in [7, 11) is 1.36. The van der Waals surface area contributed by atoms with Gasteiger partial charge >= 0.3 is 5.97 Å². The molecule has 120 valence electrons. The Labute approximate surface area is 135 Å². The van der Waals surface area contributed by atoms with Gasteiger partial charge in [-0.3, -0.25) is 9.59 Å². The quantitative estimate of drug-likeness (QED) is 0.777. The van der Waals surface area contributed by atoms with Crippen molar-refractivity contribution >= 4 is 23.6 Å². The number of carbonyl (C=O) groups is 2. The van der Waals surface area contributed by atoms with Gasteiger partial charge in [0.25, 0.3) is 0 Å². The smallest absolute Gasteiger partial charge is 0.307 e. The van der Waals surface area contributed by atoms with E-state index in [0.29, 0.717) is 6.42 Å². The van der Waals surface area contributed by atoms with Crippen LogP contribution in [0.1, 0.15) is 24.4 Å². The normalized spacial score (nSPS) is 19.2. The van der Waals surface area contributed by atoms with Crippen LogP contribution in [0.2, 0.25) is 0 Å². The Balaban J connectivity index is 1.96. The van der Waals surface area contributed by atoms with Crippen LogP contribution in [-0.2, 0) is 14.3 Å². The molecule has 2 atom stereocenters. The minimum atomic E-state index is -0.350. The lowest BCUT2D eigenvalue weighted by Gasteiger charge is -2.24. The number of benzene rings is 1. The van der Waals surface area contributed by atoms with Crippen molar-refractivity contribution in [3.05, 3.63) is 35.9 Å². The molecule has 0 bridgehead atoms. The van der Waals surface area contributed by atoms with Crippen molar-refractivity contribution in [2.24, 2.45) is 0 Å². The number of hydrogen-bond donors (Lipinski definition) is 2. The van der Waals surface area contributed by atoms with Crippen molar-refractivity contribution in [3.8, 4) is 0 Å². The first kappa shape index (κ1) is 16.8. The Morgan fingerprint density at radius 2 is 2.18 bits per heavy atom. The standard InChI is InChI=1S/C16H22N2O3S/c1-21-16(20)10-14(12-5-3-2-4-6-12)18-15(19)9-13-11-22-8-7-17-13/h2-6,13-14,17H,7-11H2,1H3,(H,18,19). The second-order valence-electron chi connectivity index (χ2n) is 5.24. The van der Waals surface area contributed by atoms with Gasteiger partial charge in [-0.25, -0.2) is 0 Å². The Hall–Kier alpha value is -1.53. The summed E-state index contributed by atoms with van der Waals surface area (Å²) < 4.78 is 4.73. The van der Waals surface area contributed by atoms with Crippen LogP contribution in [0.3, 0.4) is 0 Å². The lowest BCUT2D eigenvalue weighted by molar-refractivity contribution is -0.141. The fraction of sp³-hybridized carbons (Fsp3) is 0.500. The molecule has 1 heterocycles. The van der Waals surface area contributed by atoms with E-state index in [-0.39, 0.29) is 30.4 Å². The maximum absolute atomic E-state index is 12.3. The topological polar surface area (TPSA) is 67.4 Å². The van der Waals surface area contributed by atoms with E-state index in [4.69, 9.17) is 4.74 Å². The summed E-state index contributed by atoms with van der Waals surface area (Å²) in [4.78, 5) is 23.8. The predicted octanol–water partition coefficient (Wildman–Crippen LogP) is 1.50. The van der Waals surface area contributed by atoms with Gasteiger partial charge in [0, 0.05) is 30.5 Å². The molecular weight excluding hydrogens is 300 g/mol. The highest BCUT2D eigenvalue weighted by Gasteiger charge is 2.22. The van der Waals surface area contributed by atoms with Crippen molar-refractivity contribution in [1.82, 2.24) is 10.6 Å². The zero-order valence-electron chi connectivity index (χ0n) is 12.7. The van der Waals surface area contributed by atoms with Gasteiger partial charge in [-0.15, -0.1) is 0 Å². The summed E-state index contributed by atoms with van der Waals surface area (Å²) in [6.07, 6.45) is 0.566. The minimum absolute atomic E-state index is 0.0437. The maximum Gasteiger partial charge on any atom is 0.307 e. The van der Waals surface area contributed by atoms with E-state index in [1.165, 1.54) is 7.11 Å². The summed E-state index contributed by atoms with van der Waals surface area (Å²) >= 11 is 1.86. The molecule has 1 fully saturated rings. The number of methoxy groups -OCH3 is 1. The average Bonchev–Trinajstić information content (AvgIpc) is 2.55. The molecule has 2 N–H and O–H groups in total. The van der Waals surface area contributed by atoms with Gasteiger partial charge in [-0.1, -0.05) is 30.3 Å². The van der Waals surface area contributed by atoms with Gasteiger partial charge in [0.2, 0.25) is 5.91 Å². The van der Waals surface area contributed by atoms with Gasteiger partial charge in [0.05, 0.1) is 19.6 Å². The largest absolute Gasteiger partial charge is 0.469 e. The third-order valence-electron chi connectivity index (χ3n) is 3.57. The van der Waals surface area contributed by atoms with Crippen LogP contribution in [0, 0.1) is 0 Å². The number of thioether (sulfide) groups is 1. The SMILES string of the molecule is COC(=O)CC(NC(=O)CC1CSCCN1)c1ccccc1. The fourth-order valence-electron chi connectivity index (χ4n) is 2.42. The van der Waals surface area contributed by atoms with Crippen LogP contribution in [0.15, 0.2) is 30.3 Å². The number of esters is 1. The van der Waals surface area contributed by atoms with Crippen LogP contribution in [0.25, 0.3) is 0 Å². The zero-order chi connectivity index (χ0) is 15.8. The van der Waals surface area contributed by atoms with Gasteiger partial charge in [0.1, 0.15) is 0 Å². The molecule has 1 aromatic carbocycles. The van der Waals surface area contributed by atoms with E-state index in [1.807, 2.05) is 42.1 Å². The van der Waals surface area contributed by atoms with Gasteiger partial charge in [-0.05, 0) is 5.56 Å². The molecule has 1 aliphatic rings. The van der Waals surface area contributed by atoms with Gasteiger partial charge < -0.3 is 15.4 Å². The summed E-state index contributed by atoms with van der Waals surface area (Å²) in [5.74, 6) is 1.66. The van der Waals surface area contributed by atoms with E-state index >= 15 is 0 Å². The first-order valence-corrected chi connectivity index (χ1v) is 8.56. The fourth-order valence-corrected chi connectivity index (χ4v) is 3.36. The Bertz CT molecular complexity index is 489. The molecule has 0 radical (unpaired) electrons. The molecule has 22 heavy (non-hydrogen) atoms. The van der Waals surface area contributed by atoms with Crippen LogP contribution in [0.4, 0.5) is 0 Å². The van der Waals surface area contributed by atoms with E-state index in [9.17, 15) is 9.59 Å². The third kappa shape index (κ3) is 5.35. The average molecular weight is 322 g/mol. The molecule has 1 aliphatic heterocycles. The van der Waals surface area contributed by atoms with Gasteiger partial charge in [0.15, 0.2) is 0 Å². The summed E-state index contributed by atoms with van der Waals surface area (Å²) in [6, 6.07) is 9.36. The Kier molecular flexibility index (Phi) is 6.74. The number of amides is 1. The molecule has 6 heteroatoms. The van der Waals surface area contributed by atoms with Crippen molar-refractivity contribution in [2.45, 2.75) is 24.9 Å². The number of hydrogen-bond acceptors (Lipinski definition) is 5. The van der Waals surface area contributed by atoms with Crippen LogP contribution >= 0.6 is 11.8 Å². The van der Waals surface area contributed by atoms with Crippen LogP contribution in [-0.4, -0.2) is 43.1 Å².